The Kier molecular flexibility index (Phi) is 5.35. The molecule has 1 aliphatic carbocycles. The molecule has 154 valence electrons. The summed E-state index contributed by atoms with van der Waals surface area (Å²) in [5.41, 5.74) is 1.01. The molecule has 1 aromatic carbocycles. The molecule has 9 heteroatoms. The summed E-state index contributed by atoms with van der Waals surface area (Å²) < 4.78 is 28.5. The molecule has 1 saturated carbocycles. The average molecular weight is 410 g/mol. The van der Waals surface area contributed by atoms with Crippen LogP contribution < -0.4 is 10.2 Å². The highest BCUT2D eigenvalue weighted by Crippen LogP contribution is 2.43. The Morgan fingerprint density at radius 3 is 2.63 bits per heavy atom. The van der Waals surface area contributed by atoms with Crippen LogP contribution in [0.25, 0.3) is 11.3 Å². The minimum Gasteiger partial charge on any atom is -0.352 e. The maximum absolute atomic E-state index is 14.2. The van der Waals surface area contributed by atoms with Crippen molar-refractivity contribution in [2.75, 3.05) is 23.8 Å². The first-order chi connectivity index (χ1) is 14.5. The molecule has 0 atom stereocenters. The van der Waals surface area contributed by atoms with Crippen LogP contribution in [0.2, 0.25) is 0 Å². The van der Waals surface area contributed by atoms with Crippen LogP contribution in [0.5, 0.6) is 0 Å². The van der Waals surface area contributed by atoms with Crippen LogP contribution in [0.3, 0.4) is 0 Å². The van der Waals surface area contributed by atoms with Crippen LogP contribution in [0.4, 0.5) is 20.4 Å². The second-order valence-corrected chi connectivity index (χ2v) is 7.37. The molecule has 0 saturated heterocycles. The number of amides is 1. The third-order valence-corrected chi connectivity index (χ3v) is 5.51. The van der Waals surface area contributed by atoms with E-state index < -0.39 is 11.2 Å². The van der Waals surface area contributed by atoms with E-state index in [1.807, 2.05) is 0 Å². The van der Waals surface area contributed by atoms with E-state index in [-0.39, 0.29) is 23.0 Å². The standard InChI is InChI=1S/C21H20F2N6O/c1-29(13-30)14-5-6-16(22)15(10-14)18-11-25-20(28-27-18)26-12-21(7-3-8-21)19-17(23)4-2-9-24-19/h2,4-6,9-11,13H,3,7-8,12H2,1H3,(H,25,26,28). The van der Waals surface area contributed by atoms with E-state index in [0.717, 1.165) is 19.3 Å². The SMILES string of the molecule is CN(C=O)c1ccc(F)c(-c2cnc(NCC3(c4ncccc4F)CCC3)nn2)c1. The average Bonchev–Trinajstić information content (AvgIpc) is 2.74. The van der Waals surface area contributed by atoms with Crippen molar-refractivity contribution in [3.8, 4) is 11.3 Å². The van der Waals surface area contributed by atoms with E-state index in [2.05, 4.69) is 25.5 Å². The summed E-state index contributed by atoms with van der Waals surface area (Å²) in [5.74, 6) is -0.541. The number of nitrogens with zero attached hydrogens (tertiary/aromatic N) is 5. The topological polar surface area (TPSA) is 83.9 Å². The van der Waals surface area contributed by atoms with Gasteiger partial charge in [-0.3, -0.25) is 9.78 Å². The van der Waals surface area contributed by atoms with Crippen molar-refractivity contribution >= 4 is 18.0 Å². The quantitative estimate of drug-likeness (QED) is 0.602. The highest BCUT2D eigenvalue weighted by atomic mass is 19.1. The number of carbonyl (C=O) groups excluding carboxylic acids is 1. The minimum atomic E-state index is -0.492. The fraction of sp³-hybridized carbons (Fsp3) is 0.286. The lowest BCUT2D eigenvalue weighted by molar-refractivity contribution is -0.107. The first kappa shape index (κ1) is 19.8. The minimum absolute atomic E-state index is 0.193. The summed E-state index contributed by atoms with van der Waals surface area (Å²) in [5, 5.41) is 11.2. The number of halogens is 2. The van der Waals surface area contributed by atoms with Crippen LogP contribution in [0.1, 0.15) is 25.0 Å². The van der Waals surface area contributed by atoms with Crippen molar-refractivity contribution in [3.05, 3.63) is 60.1 Å². The largest absolute Gasteiger partial charge is 0.352 e. The third kappa shape index (κ3) is 3.70. The Labute approximate surface area is 172 Å². The molecule has 30 heavy (non-hydrogen) atoms. The molecule has 2 aromatic heterocycles. The van der Waals surface area contributed by atoms with Gasteiger partial charge in [0, 0.05) is 36.5 Å². The van der Waals surface area contributed by atoms with Gasteiger partial charge in [0.1, 0.15) is 17.3 Å². The highest BCUT2D eigenvalue weighted by molar-refractivity contribution is 5.77. The van der Waals surface area contributed by atoms with Crippen LogP contribution in [0.15, 0.2) is 42.7 Å². The van der Waals surface area contributed by atoms with Gasteiger partial charge in [0.05, 0.1) is 11.9 Å². The molecular formula is C21H20F2N6O. The van der Waals surface area contributed by atoms with E-state index in [0.29, 0.717) is 24.3 Å². The zero-order valence-electron chi connectivity index (χ0n) is 16.3. The number of pyridine rings is 1. The van der Waals surface area contributed by atoms with Gasteiger partial charge < -0.3 is 10.2 Å². The van der Waals surface area contributed by atoms with Gasteiger partial charge in [-0.2, -0.15) is 0 Å². The monoisotopic (exact) mass is 410 g/mol. The van der Waals surface area contributed by atoms with Gasteiger partial charge in [0.25, 0.3) is 0 Å². The van der Waals surface area contributed by atoms with Crippen LogP contribution in [0, 0.1) is 11.6 Å². The number of nitrogens with one attached hydrogen (secondary N) is 1. The molecule has 1 N–H and O–H groups in total. The molecule has 0 aliphatic heterocycles. The summed E-state index contributed by atoms with van der Waals surface area (Å²) >= 11 is 0. The molecule has 7 nitrogen and oxygen atoms in total. The number of rotatable bonds is 7. The Hall–Kier alpha value is -3.49. The fourth-order valence-corrected chi connectivity index (χ4v) is 3.59. The second kappa shape index (κ2) is 8.10. The van der Waals surface area contributed by atoms with E-state index in [4.69, 9.17) is 0 Å². The lowest BCUT2D eigenvalue weighted by atomic mass is 9.66. The van der Waals surface area contributed by atoms with Gasteiger partial charge in [-0.1, -0.05) is 6.42 Å². The fourth-order valence-electron chi connectivity index (χ4n) is 3.59. The first-order valence-electron chi connectivity index (χ1n) is 9.55. The summed E-state index contributed by atoms with van der Waals surface area (Å²) in [6.45, 7) is 0.427. The van der Waals surface area contributed by atoms with Gasteiger partial charge in [-0.05, 0) is 43.2 Å². The molecule has 1 fully saturated rings. The van der Waals surface area contributed by atoms with Gasteiger partial charge in [0.2, 0.25) is 12.4 Å². The van der Waals surface area contributed by atoms with E-state index in [9.17, 15) is 13.6 Å². The second-order valence-electron chi connectivity index (χ2n) is 7.37. The molecular weight excluding hydrogens is 390 g/mol. The van der Waals surface area contributed by atoms with Gasteiger partial charge >= 0.3 is 0 Å². The molecule has 0 unspecified atom stereocenters. The number of hydrogen-bond donors (Lipinski definition) is 1. The van der Waals surface area contributed by atoms with Crippen LogP contribution in [-0.4, -0.2) is 40.2 Å². The van der Waals surface area contributed by atoms with E-state index >= 15 is 0 Å². The van der Waals surface area contributed by atoms with Crippen molar-refractivity contribution in [1.29, 1.82) is 0 Å². The van der Waals surface area contributed by atoms with Crippen molar-refractivity contribution in [2.24, 2.45) is 0 Å². The Bertz CT molecular complexity index is 1060. The van der Waals surface area contributed by atoms with E-state index in [1.54, 1.807) is 19.3 Å². The maximum atomic E-state index is 14.2. The maximum Gasteiger partial charge on any atom is 0.242 e. The zero-order chi connectivity index (χ0) is 21.1. The summed E-state index contributed by atoms with van der Waals surface area (Å²) in [6, 6.07) is 7.26. The molecule has 2 heterocycles. The summed E-state index contributed by atoms with van der Waals surface area (Å²) in [7, 11) is 1.57. The smallest absolute Gasteiger partial charge is 0.242 e. The summed E-state index contributed by atoms with van der Waals surface area (Å²) in [4.78, 5) is 20.7. The molecule has 4 rings (SSSR count). The van der Waals surface area contributed by atoms with Gasteiger partial charge in [-0.15, -0.1) is 10.2 Å². The number of benzene rings is 1. The Balaban J connectivity index is 1.51. The van der Waals surface area contributed by atoms with Crippen molar-refractivity contribution < 1.29 is 13.6 Å². The third-order valence-electron chi connectivity index (χ3n) is 5.51. The number of anilines is 2. The summed E-state index contributed by atoms with van der Waals surface area (Å²) in [6.07, 6.45) is 6.28. The molecule has 1 aliphatic rings. The molecule has 1 amide bonds. The number of carbonyl (C=O) groups is 1. The number of aromatic nitrogens is 4. The van der Waals surface area contributed by atoms with E-state index in [1.165, 1.54) is 35.4 Å². The highest BCUT2D eigenvalue weighted by Gasteiger charge is 2.41. The molecule has 3 aromatic rings. The first-order valence-corrected chi connectivity index (χ1v) is 9.55. The Morgan fingerprint density at radius 1 is 1.17 bits per heavy atom. The van der Waals surface area contributed by atoms with Crippen LogP contribution >= 0.6 is 0 Å². The molecule has 0 bridgehead atoms. The van der Waals surface area contributed by atoms with Gasteiger partial charge in [-0.25, -0.2) is 13.8 Å². The predicted octanol–water partition coefficient (Wildman–Crippen LogP) is 3.34. The Morgan fingerprint density at radius 2 is 2.00 bits per heavy atom. The molecule has 0 radical (unpaired) electrons. The normalized spacial score (nSPS) is 14.6. The van der Waals surface area contributed by atoms with Crippen molar-refractivity contribution in [3.63, 3.8) is 0 Å². The van der Waals surface area contributed by atoms with Gasteiger partial charge in [0.15, 0.2) is 0 Å². The van der Waals surface area contributed by atoms with Crippen molar-refractivity contribution in [1.82, 2.24) is 20.2 Å². The zero-order valence-corrected chi connectivity index (χ0v) is 16.3. The van der Waals surface area contributed by atoms with Crippen molar-refractivity contribution in [2.45, 2.75) is 24.7 Å². The lowest BCUT2D eigenvalue weighted by Gasteiger charge is -2.41. The molecule has 0 spiro atoms. The number of hydrogen-bond acceptors (Lipinski definition) is 6. The lowest BCUT2D eigenvalue weighted by Crippen LogP contribution is -2.42. The van der Waals surface area contributed by atoms with Crippen LogP contribution in [-0.2, 0) is 10.2 Å². The predicted molar refractivity (Wildman–Crippen MR) is 108 cm³/mol.